The molecule has 2 nitrogen and oxygen atoms in total. The lowest BCUT2D eigenvalue weighted by Crippen LogP contribution is -2.14. The van der Waals surface area contributed by atoms with Gasteiger partial charge in [-0.1, -0.05) is 47.6 Å². The fourth-order valence-electron chi connectivity index (χ4n) is 1.63. The van der Waals surface area contributed by atoms with Crippen molar-refractivity contribution in [3.8, 4) is 0 Å². The maximum atomic E-state index is 13.7. The molecule has 0 aromatic heterocycles. The Morgan fingerprint density at radius 1 is 1.11 bits per heavy atom. The van der Waals surface area contributed by atoms with Crippen LogP contribution in [-0.4, -0.2) is 4.99 Å². The monoisotopic (exact) mass is 314 g/mol. The van der Waals surface area contributed by atoms with E-state index < -0.39 is 5.82 Å². The minimum atomic E-state index is -0.499. The number of anilines is 2. The molecule has 0 unspecified atom stereocenters. The van der Waals surface area contributed by atoms with Crippen LogP contribution in [0.3, 0.4) is 0 Å². The van der Waals surface area contributed by atoms with E-state index in [2.05, 4.69) is 5.32 Å². The van der Waals surface area contributed by atoms with Crippen molar-refractivity contribution in [2.75, 3.05) is 5.32 Å². The van der Waals surface area contributed by atoms with Crippen molar-refractivity contribution in [2.45, 2.75) is 0 Å². The van der Waals surface area contributed by atoms with Gasteiger partial charge in [0.2, 0.25) is 0 Å². The Morgan fingerprint density at radius 2 is 1.68 bits per heavy atom. The van der Waals surface area contributed by atoms with Crippen molar-refractivity contribution in [1.29, 1.82) is 0 Å². The standard InChI is InChI=1S/C13H9Cl2FN2S/c14-7-3-1-4-8(15)12(7)18-10-6-2-5-9(16)11(10)13(17)19/h1-6,18H,(H2,17,19). The predicted molar refractivity (Wildman–Crippen MR) is 82.0 cm³/mol. The maximum Gasteiger partial charge on any atom is 0.135 e. The zero-order valence-corrected chi connectivity index (χ0v) is 11.9. The van der Waals surface area contributed by atoms with Crippen molar-refractivity contribution < 1.29 is 4.39 Å². The Morgan fingerprint density at radius 3 is 2.26 bits per heavy atom. The Bertz CT molecular complexity index is 626. The van der Waals surface area contributed by atoms with E-state index in [4.69, 9.17) is 41.2 Å². The van der Waals surface area contributed by atoms with E-state index in [0.717, 1.165) is 0 Å². The summed E-state index contributed by atoms with van der Waals surface area (Å²) in [5.41, 5.74) is 6.56. The van der Waals surface area contributed by atoms with Crippen molar-refractivity contribution in [1.82, 2.24) is 0 Å². The lowest BCUT2D eigenvalue weighted by Gasteiger charge is -2.14. The molecule has 0 radical (unpaired) electrons. The summed E-state index contributed by atoms with van der Waals surface area (Å²) in [5, 5.41) is 3.80. The first kappa shape index (κ1) is 14.1. The molecule has 2 rings (SSSR count). The van der Waals surface area contributed by atoms with Gasteiger partial charge in [-0.3, -0.25) is 0 Å². The number of hydrogen-bond acceptors (Lipinski definition) is 2. The van der Waals surface area contributed by atoms with Crippen LogP contribution in [0.15, 0.2) is 36.4 Å². The van der Waals surface area contributed by atoms with Crippen LogP contribution in [0.5, 0.6) is 0 Å². The van der Waals surface area contributed by atoms with Gasteiger partial charge in [0.25, 0.3) is 0 Å². The van der Waals surface area contributed by atoms with Crippen molar-refractivity contribution in [3.05, 3.63) is 57.8 Å². The molecule has 2 aromatic carbocycles. The Labute approximate surface area is 125 Å². The predicted octanol–water partition coefficient (Wildman–Crippen LogP) is 4.51. The minimum Gasteiger partial charge on any atom is -0.389 e. The van der Waals surface area contributed by atoms with Gasteiger partial charge in [-0.25, -0.2) is 4.39 Å². The SMILES string of the molecule is NC(=S)c1c(F)cccc1Nc1c(Cl)cccc1Cl. The molecule has 0 spiro atoms. The molecule has 98 valence electrons. The van der Waals surface area contributed by atoms with E-state index in [1.54, 1.807) is 30.3 Å². The van der Waals surface area contributed by atoms with Gasteiger partial charge in [-0.15, -0.1) is 0 Å². The van der Waals surface area contributed by atoms with Crippen molar-refractivity contribution >= 4 is 51.8 Å². The Hall–Kier alpha value is -1.36. The second-order valence-electron chi connectivity index (χ2n) is 3.75. The molecule has 0 bridgehead atoms. The quantitative estimate of drug-likeness (QED) is 0.819. The molecule has 3 N–H and O–H groups in total. The second-order valence-corrected chi connectivity index (χ2v) is 5.00. The van der Waals surface area contributed by atoms with Crippen molar-refractivity contribution in [3.63, 3.8) is 0 Å². The largest absolute Gasteiger partial charge is 0.389 e. The highest BCUT2D eigenvalue weighted by molar-refractivity contribution is 7.80. The Kier molecular flexibility index (Phi) is 4.24. The normalized spacial score (nSPS) is 10.3. The topological polar surface area (TPSA) is 38.0 Å². The fraction of sp³-hybridized carbons (Fsp3) is 0. The summed E-state index contributed by atoms with van der Waals surface area (Å²) in [6.45, 7) is 0. The number of nitrogens with two attached hydrogens (primary N) is 1. The lowest BCUT2D eigenvalue weighted by molar-refractivity contribution is 0.626. The van der Waals surface area contributed by atoms with Gasteiger partial charge in [0.1, 0.15) is 10.8 Å². The fourth-order valence-corrected chi connectivity index (χ4v) is 2.33. The average Bonchev–Trinajstić information content (AvgIpc) is 2.33. The van der Waals surface area contributed by atoms with Gasteiger partial charge >= 0.3 is 0 Å². The van der Waals surface area contributed by atoms with Crippen LogP contribution in [0, 0.1) is 5.82 Å². The first-order valence-electron chi connectivity index (χ1n) is 5.30. The number of para-hydroxylation sites is 1. The molecule has 0 saturated carbocycles. The van der Waals surface area contributed by atoms with E-state index in [-0.39, 0.29) is 10.6 Å². The molecular formula is C13H9Cl2FN2S. The molecule has 6 heteroatoms. The summed E-state index contributed by atoms with van der Waals surface area (Å²) >= 11 is 16.9. The summed E-state index contributed by atoms with van der Waals surface area (Å²) in [7, 11) is 0. The first-order valence-corrected chi connectivity index (χ1v) is 6.46. The molecular weight excluding hydrogens is 306 g/mol. The minimum absolute atomic E-state index is 0.0382. The number of halogens is 3. The summed E-state index contributed by atoms with van der Waals surface area (Å²) in [6, 6.07) is 9.55. The van der Waals surface area contributed by atoms with Gasteiger partial charge in [-0.05, 0) is 24.3 Å². The third kappa shape index (κ3) is 2.97. The molecule has 0 heterocycles. The highest BCUT2D eigenvalue weighted by Crippen LogP contribution is 2.34. The lowest BCUT2D eigenvalue weighted by atomic mass is 10.1. The van der Waals surface area contributed by atoms with Crippen LogP contribution in [-0.2, 0) is 0 Å². The van der Waals surface area contributed by atoms with E-state index in [1.165, 1.54) is 6.07 Å². The third-order valence-corrected chi connectivity index (χ3v) is 3.32. The van der Waals surface area contributed by atoms with Gasteiger partial charge in [-0.2, -0.15) is 0 Å². The highest BCUT2D eigenvalue weighted by Gasteiger charge is 2.13. The number of rotatable bonds is 3. The van der Waals surface area contributed by atoms with Gasteiger partial charge in [0.05, 0.1) is 27.0 Å². The van der Waals surface area contributed by atoms with E-state index in [1.807, 2.05) is 0 Å². The molecule has 0 atom stereocenters. The molecule has 19 heavy (non-hydrogen) atoms. The molecule has 0 aliphatic carbocycles. The molecule has 0 aliphatic heterocycles. The smallest absolute Gasteiger partial charge is 0.135 e. The molecule has 0 fully saturated rings. The van der Waals surface area contributed by atoms with Gasteiger partial charge in [0, 0.05) is 0 Å². The third-order valence-electron chi connectivity index (χ3n) is 2.48. The molecule has 2 aromatic rings. The zero-order chi connectivity index (χ0) is 14.0. The summed E-state index contributed by atoms with van der Waals surface area (Å²) in [5.74, 6) is -0.499. The molecule has 0 amide bonds. The number of thiocarbonyl (C=S) groups is 1. The van der Waals surface area contributed by atoms with Crippen LogP contribution in [0.2, 0.25) is 10.0 Å². The van der Waals surface area contributed by atoms with Crippen molar-refractivity contribution in [2.24, 2.45) is 5.73 Å². The summed E-state index contributed by atoms with van der Waals surface area (Å²) < 4.78 is 13.7. The van der Waals surface area contributed by atoms with Gasteiger partial charge < -0.3 is 11.1 Å². The average molecular weight is 315 g/mol. The van der Waals surface area contributed by atoms with Crippen LogP contribution in [0.25, 0.3) is 0 Å². The first-order chi connectivity index (χ1) is 9.00. The van der Waals surface area contributed by atoms with E-state index in [0.29, 0.717) is 21.4 Å². The van der Waals surface area contributed by atoms with E-state index in [9.17, 15) is 4.39 Å². The highest BCUT2D eigenvalue weighted by atomic mass is 35.5. The molecule has 0 aliphatic rings. The second kappa shape index (κ2) is 5.74. The van der Waals surface area contributed by atoms with Crippen LogP contribution >= 0.6 is 35.4 Å². The Balaban J connectivity index is 2.50. The number of nitrogens with one attached hydrogen (secondary N) is 1. The summed E-state index contributed by atoms with van der Waals surface area (Å²) in [6.07, 6.45) is 0. The zero-order valence-electron chi connectivity index (χ0n) is 9.58. The van der Waals surface area contributed by atoms with Crippen LogP contribution in [0.1, 0.15) is 5.56 Å². The van der Waals surface area contributed by atoms with E-state index >= 15 is 0 Å². The van der Waals surface area contributed by atoms with Crippen LogP contribution in [0.4, 0.5) is 15.8 Å². The van der Waals surface area contributed by atoms with Gasteiger partial charge in [0.15, 0.2) is 0 Å². The number of hydrogen-bond donors (Lipinski definition) is 2. The maximum absolute atomic E-state index is 13.7. The molecule has 0 saturated heterocycles. The van der Waals surface area contributed by atoms with Crippen LogP contribution < -0.4 is 11.1 Å². The summed E-state index contributed by atoms with van der Waals surface area (Å²) in [4.78, 5) is -0.0382. The number of benzene rings is 2.